The standard InChI is InChI=1S/C24H32FN3O2.2C4H4O4/c1-17-26-8-11-28(17)13-12-27-9-6-24(7-10-27)15-20-22(29-16-24)19-14-18(25)4-5-21(19)30-23(20,2)3;2*5-3(6)1-2-4(7)8/h4-5,8,11,14,20,22H,6-7,9-10,12-13,15-16H2,1-3H3;2*1-2H,(H,5,6)(H,7,8)/b;2*2-1+/t20-,22+;;/m1../s1. The number of halogens is 1. The molecule has 2 saturated heterocycles. The summed E-state index contributed by atoms with van der Waals surface area (Å²) in [6.07, 6.45) is 9.45. The van der Waals surface area contributed by atoms with Gasteiger partial charge in [0.2, 0.25) is 0 Å². The summed E-state index contributed by atoms with van der Waals surface area (Å²) in [6, 6.07) is 4.82. The van der Waals surface area contributed by atoms with E-state index in [2.05, 4.69) is 41.4 Å². The van der Waals surface area contributed by atoms with Crippen LogP contribution in [0.4, 0.5) is 4.39 Å². The van der Waals surface area contributed by atoms with Crippen molar-refractivity contribution < 1.29 is 53.5 Å². The number of fused-ring (bicyclic) bond motifs is 3. The van der Waals surface area contributed by atoms with E-state index in [-0.39, 0.29) is 28.9 Å². The largest absolute Gasteiger partial charge is 0.487 e. The van der Waals surface area contributed by atoms with E-state index in [0.29, 0.717) is 24.3 Å². The van der Waals surface area contributed by atoms with E-state index in [4.69, 9.17) is 29.9 Å². The molecule has 1 aromatic heterocycles. The van der Waals surface area contributed by atoms with Crippen LogP contribution in [0.25, 0.3) is 0 Å². The minimum Gasteiger partial charge on any atom is -0.487 e. The summed E-state index contributed by atoms with van der Waals surface area (Å²) in [4.78, 5) is 45.1. The lowest BCUT2D eigenvalue weighted by molar-refractivity contribution is -0.174. The van der Waals surface area contributed by atoms with Crippen LogP contribution >= 0.6 is 0 Å². The summed E-state index contributed by atoms with van der Waals surface area (Å²) in [5.41, 5.74) is 0.759. The van der Waals surface area contributed by atoms with Crippen molar-refractivity contribution in [1.82, 2.24) is 14.5 Å². The monoisotopic (exact) mass is 645 g/mol. The summed E-state index contributed by atoms with van der Waals surface area (Å²) >= 11 is 0. The van der Waals surface area contributed by atoms with Gasteiger partial charge in [0, 0.05) is 61.3 Å². The fourth-order valence-corrected chi connectivity index (χ4v) is 5.90. The van der Waals surface area contributed by atoms with Gasteiger partial charge in [0.15, 0.2) is 0 Å². The molecule has 0 unspecified atom stereocenters. The van der Waals surface area contributed by atoms with Crippen molar-refractivity contribution in [2.45, 2.75) is 58.3 Å². The van der Waals surface area contributed by atoms with Crippen LogP contribution in [-0.4, -0.2) is 90.6 Å². The number of likely N-dealkylation sites (tertiary alicyclic amines) is 1. The number of imidazole rings is 1. The van der Waals surface area contributed by atoms with Gasteiger partial charge < -0.3 is 39.4 Å². The first-order chi connectivity index (χ1) is 21.6. The number of hydrogen-bond donors (Lipinski definition) is 4. The molecule has 3 aliphatic rings. The molecule has 3 aliphatic heterocycles. The Bertz CT molecular complexity index is 1390. The second-order valence-corrected chi connectivity index (χ2v) is 12.0. The topological polar surface area (TPSA) is 189 Å². The highest BCUT2D eigenvalue weighted by molar-refractivity contribution is 5.90. The molecule has 5 rings (SSSR count). The number of carboxylic acids is 4. The number of hydrogen-bond acceptors (Lipinski definition) is 8. The highest BCUT2D eigenvalue weighted by Crippen LogP contribution is 2.55. The van der Waals surface area contributed by atoms with Gasteiger partial charge in [-0.2, -0.15) is 0 Å². The third kappa shape index (κ3) is 10.2. The summed E-state index contributed by atoms with van der Waals surface area (Å²) in [6.45, 7) is 11.4. The number of ether oxygens (including phenoxy) is 2. The number of aryl methyl sites for hydroxylation is 1. The molecule has 0 saturated carbocycles. The molecule has 0 radical (unpaired) electrons. The van der Waals surface area contributed by atoms with E-state index in [0.717, 1.165) is 69.2 Å². The molecule has 13 nitrogen and oxygen atoms in total. The fourth-order valence-electron chi connectivity index (χ4n) is 5.90. The van der Waals surface area contributed by atoms with Crippen LogP contribution in [0.1, 0.15) is 50.6 Å². The Labute approximate surface area is 265 Å². The number of rotatable bonds is 7. The van der Waals surface area contributed by atoms with Crippen molar-refractivity contribution in [2.75, 3.05) is 26.2 Å². The van der Waals surface area contributed by atoms with E-state index in [1.165, 1.54) is 6.07 Å². The van der Waals surface area contributed by atoms with Crippen molar-refractivity contribution in [3.05, 3.63) is 72.1 Å². The second kappa shape index (κ2) is 15.6. The maximum absolute atomic E-state index is 13.9. The first-order valence-corrected chi connectivity index (χ1v) is 14.7. The maximum Gasteiger partial charge on any atom is 0.328 e. The van der Waals surface area contributed by atoms with Crippen LogP contribution < -0.4 is 4.74 Å². The quantitative estimate of drug-likeness (QED) is 0.320. The highest BCUT2D eigenvalue weighted by Gasteiger charge is 2.52. The van der Waals surface area contributed by atoms with Gasteiger partial charge in [0.05, 0.1) is 12.7 Å². The van der Waals surface area contributed by atoms with E-state index in [1.54, 1.807) is 12.1 Å². The molecule has 0 amide bonds. The minimum atomic E-state index is -1.26. The third-order valence-corrected chi connectivity index (χ3v) is 8.37. The molecule has 0 aliphatic carbocycles. The Kier molecular flexibility index (Phi) is 12.2. The molecule has 46 heavy (non-hydrogen) atoms. The van der Waals surface area contributed by atoms with Crippen LogP contribution in [0.3, 0.4) is 0 Å². The lowest BCUT2D eigenvalue weighted by Gasteiger charge is -2.54. The van der Waals surface area contributed by atoms with Crippen molar-refractivity contribution in [2.24, 2.45) is 11.3 Å². The molecule has 2 atom stereocenters. The lowest BCUT2D eigenvalue weighted by atomic mass is 9.64. The van der Waals surface area contributed by atoms with Gasteiger partial charge in [-0.25, -0.2) is 28.6 Å². The molecule has 4 N–H and O–H groups in total. The van der Waals surface area contributed by atoms with Gasteiger partial charge in [0.1, 0.15) is 23.0 Å². The zero-order valence-electron chi connectivity index (χ0n) is 26.0. The number of carboxylic acid groups (broad SMARTS) is 4. The predicted molar refractivity (Wildman–Crippen MR) is 162 cm³/mol. The normalized spacial score (nSPS) is 21.1. The summed E-state index contributed by atoms with van der Waals surface area (Å²) in [5, 5.41) is 31.2. The number of piperidine rings is 1. The number of aliphatic carboxylic acids is 4. The molecule has 0 bridgehead atoms. The maximum atomic E-state index is 13.9. The third-order valence-electron chi connectivity index (χ3n) is 8.37. The summed E-state index contributed by atoms with van der Waals surface area (Å²) in [5.74, 6) is -3.17. The Morgan fingerprint density at radius 2 is 1.52 bits per heavy atom. The first-order valence-electron chi connectivity index (χ1n) is 14.7. The number of aromatic nitrogens is 2. The van der Waals surface area contributed by atoms with Gasteiger partial charge in [-0.15, -0.1) is 0 Å². The second-order valence-electron chi connectivity index (χ2n) is 12.0. The summed E-state index contributed by atoms with van der Waals surface area (Å²) in [7, 11) is 0. The number of carbonyl (C=O) groups is 4. The molecule has 1 spiro atoms. The smallest absolute Gasteiger partial charge is 0.328 e. The van der Waals surface area contributed by atoms with E-state index in [1.807, 2.05) is 6.20 Å². The molecule has 1 aromatic carbocycles. The van der Waals surface area contributed by atoms with Crippen LogP contribution in [0.5, 0.6) is 5.75 Å². The molecule has 14 heteroatoms. The van der Waals surface area contributed by atoms with Crippen LogP contribution in [0, 0.1) is 24.1 Å². The first kappa shape index (κ1) is 35.9. The highest BCUT2D eigenvalue weighted by atomic mass is 19.1. The Hall–Kier alpha value is -4.56. The molecule has 4 heterocycles. The fraction of sp³-hybridized carbons (Fsp3) is 0.469. The Morgan fingerprint density at radius 1 is 0.957 bits per heavy atom. The molecular formula is C32H40FN3O10. The van der Waals surface area contributed by atoms with Gasteiger partial charge in [-0.1, -0.05) is 0 Å². The minimum absolute atomic E-state index is 0.0766. The molecule has 2 aromatic rings. The lowest BCUT2D eigenvalue weighted by Crippen LogP contribution is -2.54. The van der Waals surface area contributed by atoms with Gasteiger partial charge >= 0.3 is 23.9 Å². The molecular weight excluding hydrogens is 605 g/mol. The van der Waals surface area contributed by atoms with Gasteiger partial charge in [-0.3, -0.25) is 0 Å². The SMILES string of the molecule is Cc1nccn1CCN1CCC2(CC1)CO[C@H]1c3cc(F)ccc3OC(C)(C)[C@@H]1C2.O=C(O)/C=C/C(=O)O.O=C(O)/C=C/C(=O)O. The van der Waals surface area contributed by atoms with Crippen molar-refractivity contribution >= 4 is 23.9 Å². The Balaban J connectivity index is 0.000000299. The Morgan fingerprint density at radius 3 is 2.02 bits per heavy atom. The molecule has 2 fully saturated rings. The zero-order valence-corrected chi connectivity index (χ0v) is 26.0. The summed E-state index contributed by atoms with van der Waals surface area (Å²) < 4.78 is 28.9. The van der Waals surface area contributed by atoms with E-state index >= 15 is 0 Å². The van der Waals surface area contributed by atoms with E-state index in [9.17, 15) is 23.6 Å². The van der Waals surface area contributed by atoms with Crippen molar-refractivity contribution in [1.29, 1.82) is 0 Å². The number of nitrogens with zero attached hydrogens (tertiary/aromatic N) is 3. The average molecular weight is 646 g/mol. The van der Waals surface area contributed by atoms with Crippen LogP contribution in [0.15, 0.2) is 54.9 Å². The van der Waals surface area contributed by atoms with Gasteiger partial charge in [-0.05, 0) is 76.7 Å². The van der Waals surface area contributed by atoms with Crippen LogP contribution in [-0.2, 0) is 30.5 Å². The van der Waals surface area contributed by atoms with Gasteiger partial charge in [0.25, 0.3) is 0 Å². The predicted octanol–water partition coefficient (Wildman–Crippen LogP) is 3.79. The average Bonchev–Trinajstić information content (AvgIpc) is 3.40. The number of benzene rings is 1. The van der Waals surface area contributed by atoms with Crippen molar-refractivity contribution in [3.8, 4) is 5.75 Å². The van der Waals surface area contributed by atoms with E-state index < -0.39 is 23.9 Å². The van der Waals surface area contributed by atoms with Crippen molar-refractivity contribution in [3.63, 3.8) is 0 Å². The molecule has 250 valence electrons. The zero-order chi connectivity index (χ0) is 34.1. The van der Waals surface area contributed by atoms with Crippen LogP contribution in [0.2, 0.25) is 0 Å².